The number of benzene rings is 2. The van der Waals surface area contributed by atoms with Crippen LogP contribution in [0.1, 0.15) is 30.9 Å². The summed E-state index contributed by atoms with van der Waals surface area (Å²) in [4.78, 5) is 0. The lowest BCUT2D eigenvalue weighted by atomic mass is 9.79. The second-order valence-corrected chi connectivity index (χ2v) is 6.29. The third-order valence-electron chi connectivity index (χ3n) is 4.84. The number of hydrogen-bond acceptors (Lipinski definition) is 5. The van der Waals surface area contributed by atoms with Crippen molar-refractivity contribution >= 4 is 0 Å². The van der Waals surface area contributed by atoms with Crippen molar-refractivity contribution in [2.75, 3.05) is 20.5 Å². The summed E-state index contributed by atoms with van der Waals surface area (Å²) in [5.74, 6) is 3.42. The fourth-order valence-corrected chi connectivity index (χ4v) is 3.60. The Kier molecular flexibility index (Phi) is 4.17. The van der Waals surface area contributed by atoms with Gasteiger partial charge in [0.25, 0.3) is 0 Å². The fraction of sp³-hybridized carbons (Fsp3) is 0.400. The van der Waals surface area contributed by atoms with Gasteiger partial charge in [-0.25, -0.2) is 0 Å². The Morgan fingerprint density at radius 1 is 1.04 bits per heavy atom. The van der Waals surface area contributed by atoms with Crippen molar-refractivity contribution in [1.82, 2.24) is 0 Å². The second kappa shape index (κ2) is 6.48. The minimum absolute atomic E-state index is 0.140. The van der Waals surface area contributed by atoms with Crippen LogP contribution in [0.2, 0.25) is 0 Å². The van der Waals surface area contributed by atoms with E-state index in [4.69, 9.17) is 23.7 Å². The molecule has 3 atom stereocenters. The lowest BCUT2D eigenvalue weighted by Crippen LogP contribution is -2.37. The highest BCUT2D eigenvalue weighted by molar-refractivity contribution is 5.56. The molecule has 2 aromatic carbocycles. The first-order chi connectivity index (χ1) is 12.2. The predicted molar refractivity (Wildman–Crippen MR) is 92.6 cm³/mol. The first-order valence-corrected chi connectivity index (χ1v) is 8.57. The molecule has 5 nitrogen and oxygen atoms in total. The molecule has 0 N–H and O–H groups in total. The van der Waals surface area contributed by atoms with Crippen molar-refractivity contribution in [3.8, 4) is 23.0 Å². The normalized spacial score (nSPS) is 23.7. The minimum Gasteiger partial charge on any atom is -0.497 e. The molecule has 0 fully saturated rings. The van der Waals surface area contributed by atoms with Gasteiger partial charge in [-0.05, 0) is 30.7 Å². The molecule has 0 saturated carbocycles. The van der Waals surface area contributed by atoms with E-state index in [1.807, 2.05) is 31.2 Å². The second-order valence-electron chi connectivity index (χ2n) is 6.29. The Morgan fingerprint density at radius 3 is 2.44 bits per heavy atom. The van der Waals surface area contributed by atoms with Crippen LogP contribution in [0.5, 0.6) is 23.0 Å². The summed E-state index contributed by atoms with van der Waals surface area (Å²) in [5, 5.41) is 0. The van der Waals surface area contributed by atoms with E-state index < -0.39 is 0 Å². The summed E-state index contributed by atoms with van der Waals surface area (Å²) >= 11 is 0. The van der Waals surface area contributed by atoms with Crippen LogP contribution < -0.4 is 18.9 Å². The SMILES string of the molecule is CCO[C@@H]1Oc2cc3c(cc2[C@H](c2ccc(OC)cc2)[C@H]1C)OCO3. The Bertz CT molecular complexity index is 755. The lowest BCUT2D eigenvalue weighted by molar-refractivity contribution is -0.120. The quantitative estimate of drug-likeness (QED) is 0.842. The molecular weight excluding hydrogens is 320 g/mol. The highest BCUT2D eigenvalue weighted by atomic mass is 16.7. The number of methoxy groups -OCH3 is 1. The number of ether oxygens (including phenoxy) is 5. The van der Waals surface area contributed by atoms with Gasteiger partial charge in [0, 0.05) is 30.1 Å². The van der Waals surface area contributed by atoms with E-state index in [1.165, 1.54) is 5.56 Å². The molecule has 0 unspecified atom stereocenters. The van der Waals surface area contributed by atoms with Gasteiger partial charge in [-0.2, -0.15) is 0 Å². The van der Waals surface area contributed by atoms with Gasteiger partial charge in [-0.15, -0.1) is 0 Å². The Hall–Kier alpha value is -2.40. The molecule has 2 aromatic rings. The van der Waals surface area contributed by atoms with Crippen LogP contribution in [0.25, 0.3) is 0 Å². The van der Waals surface area contributed by atoms with E-state index in [0.717, 1.165) is 28.6 Å². The van der Waals surface area contributed by atoms with Gasteiger partial charge < -0.3 is 23.7 Å². The molecule has 0 aliphatic carbocycles. The number of rotatable bonds is 4. The monoisotopic (exact) mass is 342 g/mol. The van der Waals surface area contributed by atoms with Crippen LogP contribution in [0.3, 0.4) is 0 Å². The van der Waals surface area contributed by atoms with Crippen molar-refractivity contribution in [2.24, 2.45) is 5.92 Å². The average Bonchev–Trinajstić information content (AvgIpc) is 3.08. The lowest BCUT2D eigenvalue weighted by Gasteiger charge is -2.37. The molecule has 2 heterocycles. The summed E-state index contributed by atoms with van der Waals surface area (Å²) in [6, 6.07) is 12.1. The van der Waals surface area contributed by atoms with Crippen LogP contribution in [-0.4, -0.2) is 26.8 Å². The number of fused-ring (bicyclic) bond motifs is 2. The maximum atomic E-state index is 6.12. The summed E-state index contributed by atoms with van der Waals surface area (Å²) in [7, 11) is 1.67. The van der Waals surface area contributed by atoms with Crippen molar-refractivity contribution in [3.63, 3.8) is 0 Å². The van der Waals surface area contributed by atoms with E-state index in [2.05, 4.69) is 19.1 Å². The van der Waals surface area contributed by atoms with Crippen LogP contribution in [0.15, 0.2) is 36.4 Å². The highest BCUT2D eigenvalue weighted by Gasteiger charge is 2.38. The van der Waals surface area contributed by atoms with E-state index in [1.54, 1.807) is 7.11 Å². The van der Waals surface area contributed by atoms with E-state index in [-0.39, 0.29) is 24.9 Å². The Labute approximate surface area is 147 Å². The molecule has 0 bridgehead atoms. The first kappa shape index (κ1) is 16.1. The molecule has 2 aliphatic heterocycles. The largest absolute Gasteiger partial charge is 0.497 e. The molecule has 4 rings (SSSR count). The zero-order valence-electron chi connectivity index (χ0n) is 14.7. The Morgan fingerprint density at radius 2 is 1.76 bits per heavy atom. The van der Waals surface area contributed by atoms with Crippen LogP contribution in [0, 0.1) is 5.92 Å². The summed E-state index contributed by atoms with van der Waals surface area (Å²) < 4.78 is 28.3. The molecular formula is C20H22O5. The summed E-state index contributed by atoms with van der Waals surface area (Å²) in [5.41, 5.74) is 2.29. The average molecular weight is 342 g/mol. The maximum absolute atomic E-state index is 6.12. The highest BCUT2D eigenvalue weighted by Crippen LogP contribution is 2.49. The minimum atomic E-state index is -0.301. The van der Waals surface area contributed by atoms with Gasteiger partial charge in [0.2, 0.25) is 13.1 Å². The number of hydrogen-bond donors (Lipinski definition) is 0. The fourth-order valence-electron chi connectivity index (χ4n) is 3.60. The smallest absolute Gasteiger partial charge is 0.231 e. The molecule has 0 spiro atoms. The van der Waals surface area contributed by atoms with E-state index in [0.29, 0.717) is 6.61 Å². The van der Waals surface area contributed by atoms with Crippen LogP contribution >= 0.6 is 0 Å². The van der Waals surface area contributed by atoms with Crippen molar-refractivity contribution in [1.29, 1.82) is 0 Å². The standard InChI is InChI=1S/C20H22O5/c1-4-22-20-12(2)19(13-5-7-14(21-3)8-6-13)15-9-17-18(24-11-23-17)10-16(15)25-20/h5-10,12,19-20H,4,11H2,1-3H3/t12-,19+,20-/m1/s1. The molecule has 0 aromatic heterocycles. The van der Waals surface area contributed by atoms with Crippen molar-refractivity contribution in [2.45, 2.75) is 26.1 Å². The van der Waals surface area contributed by atoms with Crippen molar-refractivity contribution < 1.29 is 23.7 Å². The zero-order valence-corrected chi connectivity index (χ0v) is 14.7. The third-order valence-corrected chi connectivity index (χ3v) is 4.84. The van der Waals surface area contributed by atoms with Gasteiger partial charge in [0.05, 0.1) is 7.11 Å². The van der Waals surface area contributed by atoms with Crippen LogP contribution in [0.4, 0.5) is 0 Å². The Balaban J connectivity index is 1.80. The predicted octanol–water partition coefficient (Wildman–Crippen LogP) is 3.95. The van der Waals surface area contributed by atoms with Crippen LogP contribution in [-0.2, 0) is 4.74 Å². The van der Waals surface area contributed by atoms with Crippen molar-refractivity contribution in [3.05, 3.63) is 47.5 Å². The topological polar surface area (TPSA) is 46.2 Å². The van der Waals surface area contributed by atoms with E-state index >= 15 is 0 Å². The molecule has 132 valence electrons. The maximum Gasteiger partial charge on any atom is 0.231 e. The molecule has 2 aliphatic rings. The van der Waals surface area contributed by atoms with Gasteiger partial charge >= 0.3 is 0 Å². The summed E-state index contributed by atoms with van der Waals surface area (Å²) in [6.45, 7) is 4.98. The van der Waals surface area contributed by atoms with Gasteiger partial charge in [-0.3, -0.25) is 0 Å². The summed E-state index contributed by atoms with van der Waals surface area (Å²) in [6.07, 6.45) is -0.301. The molecule has 0 saturated heterocycles. The third kappa shape index (κ3) is 2.78. The molecule has 0 radical (unpaired) electrons. The molecule has 25 heavy (non-hydrogen) atoms. The van der Waals surface area contributed by atoms with Gasteiger partial charge in [0.1, 0.15) is 11.5 Å². The van der Waals surface area contributed by atoms with Gasteiger partial charge in [0.15, 0.2) is 11.5 Å². The first-order valence-electron chi connectivity index (χ1n) is 8.57. The molecule has 5 heteroatoms. The van der Waals surface area contributed by atoms with E-state index in [9.17, 15) is 0 Å². The molecule has 0 amide bonds. The van der Waals surface area contributed by atoms with Gasteiger partial charge in [-0.1, -0.05) is 19.1 Å². The zero-order chi connectivity index (χ0) is 17.4.